The second-order valence-corrected chi connectivity index (χ2v) is 20.6. The molecular weight excluding hydrogens is 784 g/mol. The molecule has 16 nitrogen and oxygen atoms in total. The van der Waals surface area contributed by atoms with Crippen molar-refractivity contribution >= 4 is 0 Å². The summed E-state index contributed by atoms with van der Waals surface area (Å²) in [5, 5.41) is 85.0. The molecule has 4 aliphatic carbocycles. The molecule has 8 fully saturated rings. The van der Waals surface area contributed by atoms with Crippen molar-refractivity contribution in [2.24, 2.45) is 46.3 Å². The Morgan fingerprint density at radius 3 is 2.08 bits per heavy atom. The van der Waals surface area contributed by atoms with Gasteiger partial charge in [-0.05, 0) is 98.7 Å². The normalized spacial score (nSPS) is 57.7. The lowest BCUT2D eigenvalue weighted by Gasteiger charge is -2.58. The number of aliphatic hydroxyl groups is 8. The summed E-state index contributed by atoms with van der Waals surface area (Å²) < 4.78 is 49.7. The standard InChI is InChI=1S/C44H70O16/c1-19-8-13-44(53-18-19)20(2)30-27(60-44)15-26-24-7-6-22-14-23(9-11-42(22,4)25(24)10-12-43(26,30)5)55-41-36(52)38(59-40-34(50)32(48)28(16-45)56-40)37(29(17-46)57-41)58-39-35(51)33(49)31(47)21(3)54-39/h6,19-21,23-41,45-52H,7-18H2,1-5H3/t19-,20+,21+,23+,24-,25+,26+,27+,28+,29-,30+,31+,32+,33-,34-,35-,36-,37-,38-,39+,40+,41-,42+,43+,44-/m1/s1. The van der Waals surface area contributed by atoms with Crippen LogP contribution < -0.4 is 0 Å². The fourth-order valence-electron chi connectivity index (χ4n) is 13.8. The molecular formula is C44H70O16. The van der Waals surface area contributed by atoms with E-state index in [1.807, 2.05) is 0 Å². The molecule has 3 saturated carbocycles. The van der Waals surface area contributed by atoms with Gasteiger partial charge in [-0.1, -0.05) is 39.3 Å². The number of aliphatic hydroxyl groups excluding tert-OH is 8. The summed E-state index contributed by atoms with van der Waals surface area (Å²) in [7, 11) is 0. The van der Waals surface area contributed by atoms with E-state index < -0.39 is 105 Å². The molecule has 8 N–H and O–H groups in total. The molecule has 5 aliphatic heterocycles. The first-order valence-electron chi connectivity index (χ1n) is 22.8. The molecule has 342 valence electrons. The molecule has 60 heavy (non-hydrogen) atoms. The summed E-state index contributed by atoms with van der Waals surface area (Å²) in [5.74, 6) is 2.69. The first-order chi connectivity index (χ1) is 28.5. The lowest BCUT2D eigenvalue weighted by molar-refractivity contribution is -0.376. The van der Waals surface area contributed by atoms with Crippen LogP contribution in [0.3, 0.4) is 0 Å². The molecule has 0 radical (unpaired) electrons. The maximum absolute atomic E-state index is 11.9. The van der Waals surface area contributed by atoms with E-state index >= 15 is 0 Å². The number of allylic oxidation sites excluding steroid dienone is 1. The van der Waals surface area contributed by atoms with E-state index in [1.54, 1.807) is 0 Å². The van der Waals surface area contributed by atoms with E-state index in [4.69, 9.17) is 37.9 Å². The topological polar surface area (TPSA) is 236 Å². The minimum absolute atomic E-state index is 0.00147. The van der Waals surface area contributed by atoms with Gasteiger partial charge in [-0.25, -0.2) is 0 Å². The lowest BCUT2D eigenvalue weighted by Crippen LogP contribution is -2.65. The predicted octanol–water partition coefficient (Wildman–Crippen LogP) is 0.853. The molecule has 0 aromatic heterocycles. The van der Waals surface area contributed by atoms with Crippen LogP contribution in [0.5, 0.6) is 0 Å². The number of fused-ring (bicyclic) bond motifs is 7. The van der Waals surface area contributed by atoms with Gasteiger partial charge in [0.25, 0.3) is 0 Å². The summed E-state index contributed by atoms with van der Waals surface area (Å²) in [6.45, 7) is 10.6. The van der Waals surface area contributed by atoms with Gasteiger partial charge < -0.3 is 78.7 Å². The fraction of sp³-hybridized carbons (Fsp3) is 0.955. The van der Waals surface area contributed by atoms with E-state index in [1.165, 1.54) is 18.9 Å². The average Bonchev–Trinajstić information content (AvgIpc) is 3.79. The zero-order valence-corrected chi connectivity index (χ0v) is 35.6. The van der Waals surface area contributed by atoms with Crippen molar-refractivity contribution in [1.82, 2.24) is 0 Å². The van der Waals surface area contributed by atoms with E-state index in [0.717, 1.165) is 45.1 Å². The van der Waals surface area contributed by atoms with Crippen molar-refractivity contribution in [1.29, 1.82) is 0 Å². The van der Waals surface area contributed by atoms with Crippen LogP contribution in [0.25, 0.3) is 0 Å². The molecule has 16 heteroatoms. The van der Waals surface area contributed by atoms with Crippen molar-refractivity contribution in [3.63, 3.8) is 0 Å². The third-order valence-electron chi connectivity index (χ3n) is 17.3. The fourth-order valence-corrected chi connectivity index (χ4v) is 13.8. The van der Waals surface area contributed by atoms with Crippen LogP contribution in [0.1, 0.15) is 92.4 Å². The molecule has 0 aromatic rings. The highest BCUT2D eigenvalue weighted by atomic mass is 16.8. The smallest absolute Gasteiger partial charge is 0.187 e. The summed E-state index contributed by atoms with van der Waals surface area (Å²) in [5.41, 5.74) is 1.56. The minimum atomic E-state index is -1.72. The number of rotatable bonds is 8. The van der Waals surface area contributed by atoms with Gasteiger partial charge in [0.05, 0.1) is 38.1 Å². The van der Waals surface area contributed by atoms with Gasteiger partial charge >= 0.3 is 0 Å². The van der Waals surface area contributed by atoms with E-state index in [2.05, 4.69) is 33.8 Å². The van der Waals surface area contributed by atoms with Gasteiger partial charge in [-0.3, -0.25) is 0 Å². The van der Waals surface area contributed by atoms with Crippen molar-refractivity contribution in [3.8, 4) is 0 Å². The third-order valence-corrected chi connectivity index (χ3v) is 17.3. The largest absolute Gasteiger partial charge is 0.394 e. The minimum Gasteiger partial charge on any atom is -0.394 e. The Bertz CT molecular complexity index is 1560. The highest BCUT2D eigenvalue weighted by molar-refractivity contribution is 5.26. The molecule has 9 aliphatic rings. The zero-order valence-electron chi connectivity index (χ0n) is 35.6. The van der Waals surface area contributed by atoms with E-state index in [0.29, 0.717) is 48.3 Å². The average molecular weight is 855 g/mol. The molecule has 1 spiro atoms. The summed E-state index contributed by atoms with van der Waals surface area (Å²) in [6, 6.07) is 0. The summed E-state index contributed by atoms with van der Waals surface area (Å²) in [4.78, 5) is 0. The SMILES string of the molecule is C[C@@H]1CC[C@@]2(OC1)O[C@H]1C[C@H]3[C@@H]4CC=C5C[C@@H](O[C@@H]6O[C@H](CO)[C@@H](O[C@@H]7O[C@@H](C)[C@H](O)[C@@H](O)[C@H]7O)[C@H](O[C@@H]7O[C@@H](CO)[C@H](O)[C@H]7O)[C@H]6O)CC[C@]5(C)[C@H]4CC[C@]3(C)[C@H]1[C@@H]2C. The molecule has 0 aromatic carbocycles. The number of hydrogen-bond acceptors (Lipinski definition) is 16. The maximum atomic E-state index is 11.9. The predicted molar refractivity (Wildman–Crippen MR) is 208 cm³/mol. The summed E-state index contributed by atoms with van der Waals surface area (Å²) in [6.07, 6.45) is -8.88. The Morgan fingerprint density at radius 1 is 0.700 bits per heavy atom. The van der Waals surface area contributed by atoms with Crippen LogP contribution in [0.15, 0.2) is 11.6 Å². The first-order valence-corrected chi connectivity index (χ1v) is 22.8. The van der Waals surface area contributed by atoms with Crippen molar-refractivity contribution < 1.29 is 78.7 Å². The first kappa shape index (κ1) is 44.3. The molecule has 25 atom stereocenters. The molecule has 5 saturated heterocycles. The van der Waals surface area contributed by atoms with Crippen molar-refractivity contribution in [2.45, 2.75) is 196 Å². The highest BCUT2D eigenvalue weighted by Gasteiger charge is 2.69. The Kier molecular flexibility index (Phi) is 12.2. The second-order valence-electron chi connectivity index (χ2n) is 20.6. The Balaban J connectivity index is 0.900. The van der Waals surface area contributed by atoms with Gasteiger partial charge in [0.15, 0.2) is 24.7 Å². The monoisotopic (exact) mass is 854 g/mol. The van der Waals surface area contributed by atoms with E-state index in [-0.39, 0.29) is 23.0 Å². The Morgan fingerprint density at radius 2 is 1.38 bits per heavy atom. The maximum Gasteiger partial charge on any atom is 0.187 e. The van der Waals surface area contributed by atoms with Gasteiger partial charge in [0, 0.05) is 12.3 Å². The van der Waals surface area contributed by atoms with Gasteiger partial charge in [0.2, 0.25) is 0 Å². The summed E-state index contributed by atoms with van der Waals surface area (Å²) >= 11 is 0. The van der Waals surface area contributed by atoms with Crippen LogP contribution in [0.2, 0.25) is 0 Å². The lowest BCUT2D eigenvalue weighted by atomic mass is 9.47. The zero-order chi connectivity index (χ0) is 42.6. The van der Waals surface area contributed by atoms with Gasteiger partial charge in [-0.2, -0.15) is 0 Å². The number of ether oxygens (including phenoxy) is 8. The van der Waals surface area contributed by atoms with Gasteiger partial charge in [-0.15, -0.1) is 0 Å². The third kappa shape index (κ3) is 7.10. The van der Waals surface area contributed by atoms with Crippen LogP contribution >= 0.6 is 0 Å². The van der Waals surface area contributed by atoms with Crippen molar-refractivity contribution in [3.05, 3.63) is 11.6 Å². The highest BCUT2D eigenvalue weighted by Crippen LogP contribution is 2.70. The molecule has 5 heterocycles. The Hall–Kier alpha value is -0.900. The Labute approximate surface area is 352 Å². The van der Waals surface area contributed by atoms with Crippen LogP contribution in [0.4, 0.5) is 0 Å². The van der Waals surface area contributed by atoms with Crippen LogP contribution in [-0.2, 0) is 37.9 Å². The van der Waals surface area contributed by atoms with Crippen LogP contribution in [0, 0.1) is 46.3 Å². The molecule has 9 rings (SSSR count). The molecule has 0 bridgehead atoms. The second kappa shape index (κ2) is 16.5. The van der Waals surface area contributed by atoms with Gasteiger partial charge in [0.1, 0.15) is 61.0 Å². The number of hydrogen-bond donors (Lipinski definition) is 8. The quantitative estimate of drug-likeness (QED) is 0.158. The van der Waals surface area contributed by atoms with Crippen LogP contribution in [-0.4, -0.2) is 165 Å². The molecule has 0 unspecified atom stereocenters. The van der Waals surface area contributed by atoms with Crippen molar-refractivity contribution in [2.75, 3.05) is 19.8 Å². The van der Waals surface area contributed by atoms with E-state index in [9.17, 15) is 40.9 Å². The molecule has 0 amide bonds.